The van der Waals surface area contributed by atoms with Crippen LogP contribution in [0.1, 0.15) is 92.4 Å². The number of hydrogen-bond donors (Lipinski definition) is 0. The summed E-state index contributed by atoms with van der Waals surface area (Å²) in [4.78, 5) is 0. The second kappa shape index (κ2) is 12.5. The zero-order chi connectivity index (χ0) is 13.8. The monoisotopic (exact) mass is 272 g/mol. The van der Waals surface area contributed by atoms with Crippen molar-refractivity contribution in [1.82, 2.24) is 0 Å². The normalized spacial score (nSPS) is 20.3. The Morgan fingerprint density at radius 3 is 1.22 bits per heavy atom. The zero-order valence-electron chi connectivity index (χ0n) is 13.7. The van der Waals surface area contributed by atoms with Crippen LogP contribution in [0, 0.1) is 0 Å². The van der Waals surface area contributed by atoms with Crippen molar-refractivity contribution in [3.63, 3.8) is 0 Å². The average Bonchev–Trinajstić information content (AvgIpc) is 3.07. The predicted octanol–water partition coefficient (Wildman–Crippen LogP) is 6.82. The summed E-state index contributed by atoms with van der Waals surface area (Å²) in [6.45, 7) is 10.7. The standard InChI is InChI=1S/C12H23P.C3H8.C2H6/c1-2-13(11-7-3-4-8-11)12-9-5-6-10-12;1-3-2;1-2/h11-12H,2-10H2,1H3;3H2,1-2H3;1-2H3. The van der Waals surface area contributed by atoms with Gasteiger partial charge in [-0.05, 0) is 43.2 Å². The quantitative estimate of drug-likeness (QED) is 0.495. The SMILES string of the molecule is CC.CCC.CCP(C1CCCC1)C1CCCC1. The fourth-order valence-electron chi connectivity index (χ4n) is 3.29. The van der Waals surface area contributed by atoms with Crippen molar-refractivity contribution in [2.24, 2.45) is 0 Å². The molecule has 2 rings (SSSR count). The highest BCUT2D eigenvalue weighted by atomic mass is 31.1. The Morgan fingerprint density at radius 2 is 1.00 bits per heavy atom. The molecule has 0 unspecified atom stereocenters. The lowest BCUT2D eigenvalue weighted by atomic mass is 10.4. The third kappa shape index (κ3) is 6.55. The van der Waals surface area contributed by atoms with Crippen molar-refractivity contribution in [2.45, 2.75) is 104 Å². The fourth-order valence-corrected chi connectivity index (χ4v) is 6.97. The molecule has 0 atom stereocenters. The Bertz CT molecular complexity index is 139. The van der Waals surface area contributed by atoms with E-state index in [0.717, 1.165) is 0 Å². The summed E-state index contributed by atoms with van der Waals surface area (Å²) >= 11 is 0. The molecule has 0 spiro atoms. The summed E-state index contributed by atoms with van der Waals surface area (Å²) in [6.07, 6.45) is 15.2. The molecule has 2 saturated carbocycles. The molecule has 0 radical (unpaired) electrons. The van der Waals surface area contributed by atoms with Crippen molar-refractivity contribution in [3.8, 4) is 0 Å². The Hall–Kier alpha value is 0.430. The van der Waals surface area contributed by atoms with Crippen LogP contribution in [0.2, 0.25) is 0 Å². The van der Waals surface area contributed by atoms with Gasteiger partial charge in [0, 0.05) is 0 Å². The maximum Gasteiger partial charge on any atom is -0.0207 e. The van der Waals surface area contributed by atoms with Crippen LogP contribution in [0.5, 0.6) is 0 Å². The molecular formula is C17H37P. The molecular weight excluding hydrogens is 235 g/mol. The fraction of sp³-hybridized carbons (Fsp3) is 1.00. The van der Waals surface area contributed by atoms with E-state index < -0.39 is 0 Å². The zero-order valence-corrected chi connectivity index (χ0v) is 14.6. The van der Waals surface area contributed by atoms with Crippen molar-refractivity contribution in [1.29, 1.82) is 0 Å². The van der Waals surface area contributed by atoms with Crippen molar-refractivity contribution >= 4 is 7.92 Å². The van der Waals surface area contributed by atoms with Gasteiger partial charge in [0.15, 0.2) is 0 Å². The second-order valence-electron chi connectivity index (χ2n) is 5.41. The minimum absolute atomic E-state index is 0.439. The minimum atomic E-state index is 0.439. The summed E-state index contributed by atoms with van der Waals surface area (Å²) < 4.78 is 0. The molecule has 0 heterocycles. The first-order valence-corrected chi connectivity index (χ1v) is 10.3. The van der Waals surface area contributed by atoms with E-state index >= 15 is 0 Å². The molecule has 0 aromatic heterocycles. The summed E-state index contributed by atoms with van der Waals surface area (Å²) in [5, 5.41) is 0. The smallest absolute Gasteiger partial charge is 0.0207 e. The summed E-state index contributed by atoms with van der Waals surface area (Å²) in [5.41, 5.74) is 2.37. The van der Waals surface area contributed by atoms with Crippen LogP contribution >= 0.6 is 7.92 Å². The van der Waals surface area contributed by atoms with Crippen LogP contribution in [0.3, 0.4) is 0 Å². The highest BCUT2D eigenvalue weighted by Gasteiger charge is 2.30. The molecule has 2 aliphatic rings. The van der Waals surface area contributed by atoms with Gasteiger partial charge in [0.05, 0.1) is 0 Å². The van der Waals surface area contributed by atoms with Crippen molar-refractivity contribution < 1.29 is 0 Å². The van der Waals surface area contributed by atoms with Crippen molar-refractivity contribution in [3.05, 3.63) is 0 Å². The van der Waals surface area contributed by atoms with Crippen LogP contribution in [-0.2, 0) is 0 Å². The summed E-state index contributed by atoms with van der Waals surface area (Å²) in [5.74, 6) is 0. The molecule has 18 heavy (non-hydrogen) atoms. The Balaban J connectivity index is 0.000000509. The average molecular weight is 272 g/mol. The molecule has 0 aromatic carbocycles. The van der Waals surface area contributed by atoms with Gasteiger partial charge < -0.3 is 0 Å². The molecule has 2 fully saturated rings. The lowest BCUT2D eigenvalue weighted by Gasteiger charge is -2.28. The molecule has 110 valence electrons. The Kier molecular flexibility index (Phi) is 12.8. The van der Waals surface area contributed by atoms with Crippen LogP contribution in [0.4, 0.5) is 0 Å². The van der Waals surface area contributed by atoms with Crippen molar-refractivity contribution in [2.75, 3.05) is 6.16 Å². The molecule has 0 N–H and O–H groups in total. The first-order chi connectivity index (χ1) is 8.83. The molecule has 0 aliphatic heterocycles. The topological polar surface area (TPSA) is 0 Å². The first kappa shape index (κ1) is 18.4. The third-order valence-corrected chi connectivity index (χ3v) is 7.59. The van der Waals surface area contributed by atoms with Crippen LogP contribution in [0.15, 0.2) is 0 Å². The highest BCUT2D eigenvalue weighted by Crippen LogP contribution is 2.56. The van der Waals surface area contributed by atoms with Gasteiger partial charge in [-0.1, -0.05) is 66.7 Å². The Morgan fingerprint density at radius 1 is 0.722 bits per heavy atom. The lowest BCUT2D eigenvalue weighted by Crippen LogP contribution is -2.11. The minimum Gasteiger partial charge on any atom is -0.101 e. The largest absolute Gasteiger partial charge is 0.101 e. The van der Waals surface area contributed by atoms with Gasteiger partial charge in [0.1, 0.15) is 0 Å². The lowest BCUT2D eigenvalue weighted by molar-refractivity contribution is 0.825. The van der Waals surface area contributed by atoms with E-state index in [-0.39, 0.29) is 0 Å². The van der Waals surface area contributed by atoms with Crippen LogP contribution in [-0.4, -0.2) is 17.5 Å². The summed E-state index contributed by atoms with van der Waals surface area (Å²) in [6, 6.07) is 0. The number of hydrogen-bond acceptors (Lipinski definition) is 0. The van der Waals surface area contributed by atoms with E-state index in [0.29, 0.717) is 7.92 Å². The maximum atomic E-state index is 2.45. The molecule has 1 heteroatoms. The Labute approximate surface area is 118 Å². The van der Waals surface area contributed by atoms with E-state index in [4.69, 9.17) is 0 Å². The van der Waals surface area contributed by atoms with Gasteiger partial charge in [-0.3, -0.25) is 0 Å². The second-order valence-corrected chi connectivity index (χ2v) is 8.54. The van der Waals surface area contributed by atoms with Gasteiger partial charge in [-0.25, -0.2) is 0 Å². The van der Waals surface area contributed by atoms with Crippen LogP contribution in [0.25, 0.3) is 0 Å². The van der Waals surface area contributed by atoms with Gasteiger partial charge in [-0.15, -0.1) is 7.92 Å². The molecule has 2 aliphatic carbocycles. The van der Waals surface area contributed by atoms with E-state index in [2.05, 4.69) is 20.8 Å². The molecule has 0 nitrogen and oxygen atoms in total. The van der Waals surface area contributed by atoms with E-state index in [1.165, 1.54) is 49.6 Å². The molecule has 0 aromatic rings. The number of rotatable bonds is 3. The van der Waals surface area contributed by atoms with Gasteiger partial charge in [0.2, 0.25) is 0 Å². The molecule has 0 saturated heterocycles. The van der Waals surface area contributed by atoms with Gasteiger partial charge in [-0.2, -0.15) is 0 Å². The van der Waals surface area contributed by atoms with E-state index in [1.54, 1.807) is 25.7 Å². The van der Waals surface area contributed by atoms with Gasteiger partial charge >= 0.3 is 0 Å². The maximum absolute atomic E-state index is 2.45. The first-order valence-electron chi connectivity index (χ1n) is 8.59. The van der Waals surface area contributed by atoms with Crippen LogP contribution < -0.4 is 0 Å². The summed E-state index contributed by atoms with van der Waals surface area (Å²) in [7, 11) is 0.439. The molecule has 0 bridgehead atoms. The molecule has 0 amide bonds. The van der Waals surface area contributed by atoms with E-state index in [9.17, 15) is 0 Å². The predicted molar refractivity (Wildman–Crippen MR) is 89.3 cm³/mol. The van der Waals surface area contributed by atoms with E-state index in [1.807, 2.05) is 13.8 Å². The van der Waals surface area contributed by atoms with Gasteiger partial charge in [0.25, 0.3) is 0 Å². The highest BCUT2D eigenvalue weighted by molar-refractivity contribution is 7.59. The third-order valence-electron chi connectivity index (χ3n) is 3.95.